The first-order valence-corrected chi connectivity index (χ1v) is 10.1. The smallest absolute Gasteiger partial charge is 0.262 e. The molecule has 0 aliphatic rings. The number of hydrogen-bond donors (Lipinski definition) is 1. The van der Waals surface area contributed by atoms with Crippen LogP contribution in [-0.2, 0) is 4.79 Å². The van der Waals surface area contributed by atoms with Crippen LogP contribution in [0.15, 0.2) is 85.5 Å². The van der Waals surface area contributed by atoms with Crippen molar-refractivity contribution in [1.82, 2.24) is 24.7 Å². The van der Waals surface area contributed by atoms with E-state index in [0.717, 1.165) is 11.3 Å². The van der Waals surface area contributed by atoms with Gasteiger partial charge in [-0.15, -0.1) is 0 Å². The van der Waals surface area contributed by atoms with E-state index in [1.54, 1.807) is 17.1 Å². The van der Waals surface area contributed by atoms with Crippen LogP contribution in [0.3, 0.4) is 0 Å². The molecule has 0 saturated heterocycles. The van der Waals surface area contributed by atoms with E-state index in [4.69, 9.17) is 4.74 Å². The third-order valence-corrected chi connectivity index (χ3v) is 4.83. The second kappa shape index (κ2) is 8.83. The van der Waals surface area contributed by atoms with Crippen LogP contribution in [0.1, 0.15) is 0 Å². The summed E-state index contributed by atoms with van der Waals surface area (Å²) < 4.78 is 20.7. The third kappa shape index (κ3) is 4.52. The summed E-state index contributed by atoms with van der Waals surface area (Å²) in [6.45, 7) is -0.289. The van der Waals surface area contributed by atoms with Crippen molar-refractivity contribution >= 4 is 22.5 Å². The number of halogens is 1. The van der Waals surface area contributed by atoms with Crippen molar-refractivity contribution in [3.05, 3.63) is 91.3 Å². The molecule has 1 N–H and O–H groups in total. The molecule has 2 heterocycles. The fraction of sp³-hybridized carbons (Fsp3) is 0.0417. The number of ether oxygens (including phenoxy) is 1. The van der Waals surface area contributed by atoms with Crippen molar-refractivity contribution in [2.24, 2.45) is 0 Å². The van der Waals surface area contributed by atoms with Crippen molar-refractivity contribution in [2.45, 2.75) is 0 Å². The van der Waals surface area contributed by atoms with Crippen LogP contribution >= 0.6 is 0 Å². The molecule has 0 saturated carbocycles. The number of carbonyl (C=O) groups is 1. The number of amides is 1. The van der Waals surface area contributed by atoms with Crippen LogP contribution in [-0.4, -0.2) is 37.2 Å². The van der Waals surface area contributed by atoms with Gasteiger partial charge in [0.15, 0.2) is 12.4 Å². The maximum absolute atomic E-state index is 13.3. The average Bonchev–Trinajstić information content (AvgIpc) is 3.38. The lowest BCUT2D eigenvalue weighted by Crippen LogP contribution is -2.20. The minimum Gasteiger partial charge on any atom is -0.467 e. The van der Waals surface area contributed by atoms with Crippen molar-refractivity contribution in [3.63, 3.8) is 0 Å². The van der Waals surface area contributed by atoms with Crippen molar-refractivity contribution in [3.8, 4) is 23.0 Å². The molecule has 8 nitrogen and oxygen atoms in total. The lowest BCUT2D eigenvalue weighted by atomic mass is 10.1. The lowest BCUT2D eigenvalue weighted by molar-refractivity contribution is -0.118. The van der Waals surface area contributed by atoms with Gasteiger partial charge in [0.2, 0.25) is 5.88 Å². The van der Waals surface area contributed by atoms with E-state index in [9.17, 15) is 9.18 Å². The number of benzene rings is 3. The molecule has 0 bridgehead atoms. The second-order valence-electron chi connectivity index (χ2n) is 7.10. The Morgan fingerprint density at radius 1 is 1.00 bits per heavy atom. The predicted molar refractivity (Wildman–Crippen MR) is 120 cm³/mol. The molecular formula is C24H17FN6O2. The summed E-state index contributed by atoms with van der Waals surface area (Å²) in [4.78, 5) is 25.5. The summed E-state index contributed by atoms with van der Waals surface area (Å²) in [7, 11) is 0. The van der Waals surface area contributed by atoms with Gasteiger partial charge in [0.1, 0.15) is 18.5 Å². The Kier molecular flexibility index (Phi) is 5.42. The zero-order valence-electron chi connectivity index (χ0n) is 17.2. The van der Waals surface area contributed by atoms with Gasteiger partial charge in [-0.05, 0) is 54.6 Å². The summed E-state index contributed by atoms with van der Waals surface area (Å²) in [5.74, 6) is -0.123. The molecule has 33 heavy (non-hydrogen) atoms. The molecule has 0 fully saturated rings. The van der Waals surface area contributed by atoms with Gasteiger partial charge in [0.25, 0.3) is 5.91 Å². The largest absolute Gasteiger partial charge is 0.467 e. The molecule has 2 aromatic heterocycles. The maximum Gasteiger partial charge on any atom is 0.262 e. The van der Waals surface area contributed by atoms with E-state index in [0.29, 0.717) is 22.4 Å². The van der Waals surface area contributed by atoms with Gasteiger partial charge < -0.3 is 10.1 Å². The number of nitrogens with one attached hydrogen (secondary N) is 1. The number of nitrogens with zero attached hydrogens (tertiary/aromatic N) is 5. The zero-order valence-corrected chi connectivity index (χ0v) is 17.2. The fourth-order valence-corrected chi connectivity index (χ4v) is 3.29. The fourth-order valence-electron chi connectivity index (χ4n) is 3.29. The normalized spacial score (nSPS) is 10.8. The van der Waals surface area contributed by atoms with Crippen LogP contribution in [0.5, 0.6) is 5.88 Å². The van der Waals surface area contributed by atoms with Gasteiger partial charge >= 0.3 is 0 Å². The molecule has 5 rings (SSSR count). The van der Waals surface area contributed by atoms with E-state index < -0.39 is 11.7 Å². The van der Waals surface area contributed by atoms with Gasteiger partial charge in [0, 0.05) is 11.3 Å². The van der Waals surface area contributed by atoms with Gasteiger partial charge in [0.05, 0.1) is 16.6 Å². The second-order valence-corrected chi connectivity index (χ2v) is 7.10. The lowest BCUT2D eigenvalue weighted by Gasteiger charge is -2.11. The Morgan fingerprint density at radius 2 is 1.85 bits per heavy atom. The monoisotopic (exact) mass is 440 g/mol. The van der Waals surface area contributed by atoms with Crippen LogP contribution < -0.4 is 10.1 Å². The average molecular weight is 440 g/mol. The van der Waals surface area contributed by atoms with E-state index in [1.807, 2.05) is 48.5 Å². The van der Waals surface area contributed by atoms with Gasteiger partial charge in [-0.2, -0.15) is 10.1 Å². The number of rotatable bonds is 6. The van der Waals surface area contributed by atoms with Gasteiger partial charge in [-0.3, -0.25) is 4.79 Å². The van der Waals surface area contributed by atoms with Crippen LogP contribution in [0.4, 0.5) is 10.1 Å². The van der Waals surface area contributed by atoms with Crippen LogP contribution in [0.2, 0.25) is 0 Å². The number of hydrogen-bond acceptors (Lipinski definition) is 6. The molecule has 1 amide bonds. The SMILES string of the molecule is O=C(COc1nc(-c2ccc(-n3cncn3)cc2)nc2ccccc12)Nc1cccc(F)c1. The minimum absolute atomic E-state index is 0.283. The van der Waals surface area contributed by atoms with Gasteiger partial charge in [-0.25, -0.2) is 19.0 Å². The molecule has 0 spiro atoms. The minimum atomic E-state index is -0.435. The van der Waals surface area contributed by atoms with E-state index in [2.05, 4.69) is 25.4 Å². The number of fused-ring (bicyclic) bond motifs is 1. The molecule has 0 radical (unpaired) electrons. The predicted octanol–water partition coefficient (Wildman–Crippen LogP) is 4.03. The standard InChI is InChI=1S/C24H17FN6O2/c25-17-4-3-5-18(12-17)28-22(32)13-33-24-20-6-1-2-7-21(20)29-23(30-24)16-8-10-19(11-9-16)31-15-26-14-27-31/h1-12,14-15H,13H2,(H,28,32). The summed E-state index contributed by atoms with van der Waals surface area (Å²) in [6, 6.07) is 20.6. The van der Waals surface area contributed by atoms with E-state index in [-0.39, 0.29) is 12.5 Å². The van der Waals surface area contributed by atoms with Crippen molar-refractivity contribution in [1.29, 1.82) is 0 Å². The number of para-hydroxylation sites is 1. The number of aromatic nitrogens is 5. The summed E-state index contributed by atoms with van der Waals surface area (Å²) >= 11 is 0. The Labute approximate surface area is 187 Å². The highest BCUT2D eigenvalue weighted by atomic mass is 19.1. The molecule has 5 aromatic rings. The van der Waals surface area contributed by atoms with E-state index in [1.165, 1.54) is 24.5 Å². The highest BCUT2D eigenvalue weighted by molar-refractivity contribution is 5.92. The molecular weight excluding hydrogens is 423 g/mol. The van der Waals surface area contributed by atoms with Gasteiger partial charge in [-0.1, -0.05) is 18.2 Å². The highest BCUT2D eigenvalue weighted by Crippen LogP contribution is 2.27. The molecule has 162 valence electrons. The first-order chi connectivity index (χ1) is 16.2. The van der Waals surface area contributed by atoms with Crippen LogP contribution in [0, 0.1) is 5.82 Å². The molecule has 9 heteroatoms. The van der Waals surface area contributed by atoms with E-state index >= 15 is 0 Å². The Bertz CT molecular complexity index is 1420. The first kappa shape index (κ1) is 20.3. The third-order valence-electron chi connectivity index (χ3n) is 4.83. The molecule has 0 atom stereocenters. The maximum atomic E-state index is 13.3. The van der Waals surface area contributed by atoms with Crippen molar-refractivity contribution < 1.29 is 13.9 Å². The number of carbonyl (C=O) groups excluding carboxylic acids is 1. The molecule has 0 aliphatic heterocycles. The summed E-state index contributed by atoms with van der Waals surface area (Å²) in [5.41, 5.74) is 2.66. The van der Waals surface area contributed by atoms with Crippen LogP contribution in [0.25, 0.3) is 28.0 Å². The summed E-state index contributed by atoms with van der Waals surface area (Å²) in [5, 5.41) is 7.40. The molecule has 0 aliphatic carbocycles. The first-order valence-electron chi connectivity index (χ1n) is 10.1. The highest BCUT2D eigenvalue weighted by Gasteiger charge is 2.13. The van der Waals surface area contributed by atoms with Crippen molar-refractivity contribution in [2.75, 3.05) is 11.9 Å². The Morgan fingerprint density at radius 3 is 2.64 bits per heavy atom. The quantitative estimate of drug-likeness (QED) is 0.428. The summed E-state index contributed by atoms with van der Waals surface area (Å²) in [6.07, 6.45) is 3.08. The molecule has 3 aromatic carbocycles. The Hall–Kier alpha value is -4.66. The zero-order chi connectivity index (χ0) is 22.6. The topological polar surface area (TPSA) is 94.8 Å². The Balaban J connectivity index is 1.39. The molecule has 0 unspecified atom stereocenters. The number of anilines is 1.